The van der Waals surface area contributed by atoms with Crippen LogP contribution in [0.5, 0.6) is 5.75 Å². The zero-order chi connectivity index (χ0) is 11.4. The zero-order valence-electron chi connectivity index (χ0n) is 8.50. The van der Waals surface area contributed by atoms with Gasteiger partial charge in [-0.15, -0.1) is 0 Å². The molecule has 0 amide bonds. The molecule has 80 valence electrons. The molecule has 0 radical (unpaired) electrons. The predicted octanol–water partition coefficient (Wildman–Crippen LogP) is 1.01. The molecule has 0 atom stereocenters. The second-order valence-electron chi connectivity index (χ2n) is 2.80. The highest BCUT2D eigenvalue weighted by molar-refractivity contribution is 5.98. The summed E-state index contributed by atoms with van der Waals surface area (Å²) in [6.45, 7) is 1.44. The second-order valence-corrected chi connectivity index (χ2v) is 2.80. The van der Waals surface area contributed by atoms with Crippen molar-refractivity contribution in [3.63, 3.8) is 0 Å². The molecule has 0 saturated heterocycles. The van der Waals surface area contributed by atoms with Crippen LogP contribution in [-0.2, 0) is 4.74 Å². The van der Waals surface area contributed by atoms with Crippen molar-refractivity contribution in [2.24, 2.45) is 0 Å². The lowest BCUT2D eigenvalue weighted by atomic mass is 10.2. The summed E-state index contributed by atoms with van der Waals surface area (Å²) in [6.07, 6.45) is 1.39. The molecule has 0 aliphatic rings. The molecular weight excluding hydrogens is 196 g/mol. The Morgan fingerprint density at radius 2 is 2.13 bits per heavy atom. The summed E-state index contributed by atoms with van der Waals surface area (Å²) < 4.78 is 9.75. The first-order valence-electron chi connectivity index (χ1n) is 4.16. The molecule has 0 aromatic carbocycles. The number of ether oxygens (including phenoxy) is 2. The fraction of sp³-hybridized carbons (Fsp3) is 0.222. The first-order valence-corrected chi connectivity index (χ1v) is 4.16. The molecular formula is C9H12N4O2. The molecule has 0 unspecified atom stereocenters. The van der Waals surface area contributed by atoms with E-state index in [4.69, 9.17) is 26.0 Å². The number of rotatable bonds is 2. The van der Waals surface area contributed by atoms with Gasteiger partial charge in [0.25, 0.3) is 0 Å². The largest absolute Gasteiger partial charge is 0.493 e. The van der Waals surface area contributed by atoms with E-state index in [0.29, 0.717) is 11.3 Å². The molecule has 0 aliphatic carbocycles. The SMILES string of the molecule is COc1cc(C(=N)OC(C)=N)cnc1N. The topological polar surface area (TPSA) is 105 Å². The number of anilines is 1. The first-order chi connectivity index (χ1) is 7.04. The van der Waals surface area contributed by atoms with E-state index in [2.05, 4.69) is 4.98 Å². The van der Waals surface area contributed by atoms with Crippen molar-refractivity contribution < 1.29 is 9.47 Å². The fourth-order valence-corrected chi connectivity index (χ4v) is 0.955. The van der Waals surface area contributed by atoms with Gasteiger partial charge in [-0.3, -0.25) is 10.8 Å². The lowest BCUT2D eigenvalue weighted by Crippen LogP contribution is -2.10. The van der Waals surface area contributed by atoms with E-state index in [9.17, 15) is 0 Å². The van der Waals surface area contributed by atoms with Gasteiger partial charge in [-0.1, -0.05) is 0 Å². The Hall–Kier alpha value is -2.11. The summed E-state index contributed by atoms with van der Waals surface area (Å²) in [4.78, 5) is 3.84. The van der Waals surface area contributed by atoms with Crippen LogP contribution < -0.4 is 10.5 Å². The zero-order valence-corrected chi connectivity index (χ0v) is 8.50. The number of nitrogens with one attached hydrogen (secondary N) is 2. The van der Waals surface area contributed by atoms with Crippen molar-refractivity contribution in [1.29, 1.82) is 10.8 Å². The fourth-order valence-electron chi connectivity index (χ4n) is 0.955. The highest BCUT2D eigenvalue weighted by Crippen LogP contribution is 2.19. The van der Waals surface area contributed by atoms with Crippen LogP contribution in [0.15, 0.2) is 12.3 Å². The maximum absolute atomic E-state index is 7.50. The number of nitrogens with zero attached hydrogens (tertiary/aromatic N) is 1. The van der Waals surface area contributed by atoms with Crippen molar-refractivity contribution >= 4 is 17.6 Å². The van der Waals surface area contributed by atoms with Gasteiger partial charge in [0.05, 0.1) is 12.7 Å². The smallest absolute Gasteiger partial charge is 0.222 e. The number of aromatic nitrogens is 1. The molecule has 1 heterocycles. The molecule has 1 aromatic rings. The van der Waals surface area contributed by atoms with Gasteiger partial charge >= 0.3 is 0 Å². The third-order valence-corrected chi connectivity index (χ3v) is 1.62. The van der Waals surface area contributed by atoms with Gasteiger partial charge in [0.15, 0.2) is 17.5 Å². The number of pyridine rings is 1. The molecule has 0 aliphatic heterocycles. The van der Waals surface area contributed by atoms with Gasteiger partial charge in [0, 0.05) is 13.1 Å². The summed E-state index contributed by atoms with van der Waals surface area (Å²) >= 11 is 0. The maximum atomic E-state index is 7.50. The van der Waals surface area contributed by atoms with E-state index >= 15 is 0 Å². The highest BCUT2D eigenvalue weighted by Gasteiger charge is 2.08. The van der Waals surface area contributed by atoms with Crippen molar-refractivity contribution in [3.8, 4) is 5.75 Å². The van der Waals surface area contributed by atoms with Gasteiger partial charge in [0.1, 0.15) is 0 Å². The van der Waals surface area contributed by atoms with E-state index in [1.165, 1.54) is 26.3 Å². The number of nitrogens with two attached hydrogens (primary N) is 1. The van der Waals surface area contributed by atoms with Crippen molar-refractivity contribution in [2.75, 3.05) is 12.8 Å². The minimum absolute atomic E-state index is 0.0595. The summed E-state index contributed by atoms with van der Waals surface area (Å²) in [5.74, 6) is 0.410. The van der Waals surface area contributed by atoms with Gasteiger partial charge in [-0.25, -0.2) is 4.98 Å². The average Bonchev–Trinajstić information content (AvgIpc) is 2.17. The summed E-state index contributed by atoms with van der Waals surface area (Å²) in [6, 6.07) is 1.54. The van der Waals surface area contributed by atoms with Crippen LogP contribution in [0.1, 0.15) is 12.5 Å². The van der Waals surface area contributed by atoms with E-state index in [1.807, 2.05) is 0 Å². The van der Waals surface area contributed by atoms with Crippen molar-refractivity contribution in [3.05, 3.63) is 17.8 Å². The van der Waals surface area contributed by atoms with E-state index < -0.39 is 0 Å². The lowest BCUT2D eigenvalue weighted by Gasteiger charge is -2.07. The Balaban J connectivity index is 2.95. The predicted molar refractivity (Wildman–Crippen MR) is 56.5 cm³/mol. The number of hydrogen-bond acceptors (Lipinski definition) is 6. The third-order valence-electron chi connectivity index (χ3n) is 1.62. The number of hydrogen-bond donors (Lipinski definition) is 3. The van der Waals surface area contributed by atoms with Crippen LogP contribution >= 0.6 is 0 Å². The Morgan fingerprint density at radius 1 is 1.47 bits per heavy atom. The Morgan fingerprint density at radius 3 is 2.67 bits per heavy atom. The summed E-state index contributed by atoms with van der Waals surface area (Å²) in [7, 11) is 1.46. The molecule has 0 fully saturated rings. The van der Waals surface area contributed by atoms with Crippen LogP contribution in [0.4, 0.5) is 5.82 Å². The van der Waals surface area contributed by atoms with Gasteiger partial charge in [-0.2, -0.15) is 0 Å². The van der Waals surface area contributed by atoms with E-state index in [-0.39, 0.29) is 17.6 Å². The standard InChI is InChI=1S/C9H12N4O2/c1-5(10)15-9(12)6-3-7(14-2)8(11)13-4-6/h3-4,10,12H,1-2H3,(H2,11,13). The van der Waals surface area contributed by atoms with Crippen LogP contribution in [0.3, 0.4) is 0 Å². The van der Waals surface area contributed by atoms with Crippen molar-refractivity contribution in [2.45, 2.75) is 6.92 Å². The van der Waals surface area contributed by atoms with Crippen LogP contribution in [-0.4, -0.2) is 23.9 Å². The van der Waals surface area contributed by atoms with E-state index in [1.54, 1.807) is 0 Å². The average molecular weight is 208 g/mol. The Kier molecular flexibility index (Phi) is 3.22. The monoisotopic (exact) mass is 208 g/mol. The lowest BCUT2D eigenvalue weighted by molar-refractivity contribution is 0.415. The minimum Gasteiger partial charge on any atom is -0.493 e. The van der Waals surface area contributed by atoms with Gasteiger partial charge in [0.2, 0.25) is 5.90 Å². The van der Waals surface area contributed by atoms with Gasteiger partial charge in [-0.05, 0) is 6.07 Å². The summed E-state index contributed by atoms with van der Waals surface area (Å²) in [5, 5.41) is 14.6. The quantitative estimate of drug-likeness (QED) is 0.498. The van der Waals surface area contributed by atoms with Crippen molar-refractivity contribution in [1.82, 2.24) is 4.98 Å². The summed E-state index contributed by atoms with van der Waals surface area (Å²) in [5.41, 5.74) is 5.92. The second kappa shape index (κ2) is 4.41. The van der Waals surface area contributed by atoms with Crippen LogP contribution in [0.25, 0.3) is 0 Å². The molecule has 0 saturated carbocycles. The molecule has 4 N–H and O–H groups in total. The first kappa shape index (κ1) is 11.0. The van der Waals surface area contributed by atoms with Crippen LogP contribution in [0.2, 0.25) is 0 Å². The molecule has 15 heavy (non-hydrogen) atoms. The normalized spacial score (nSPS) is 9.47. The van der Waals surface area contributed by atoms with Gasteiger partial charge < -0.3 is 15.2 Å². The third kappa shape index (κ3) is 2.67. The molecule has 6 heteroatoms. The Labute approximate surface area is 87.0 Å². The minimum atomic E-state index is -0.159. The molecule has 1 aromatic heterocycles. The molecule has 6 nitrogen and oxygen atoms in total. The number of methoxy groups -OCH3 is 1. The highest BCUT2D eigenvalue weighted by atomic mass is 16.5. The maximum Gasteiger partial charge on any atom is 0.222 e. The molecule has 1 rings (SSSR count). The number of nitrogen functional groups attached to an aromatic ring is 1. The Bertz CT molecular complexity index is 403. The van der Waals surface area contributed by atoms with E-state index in [0.717, 1.165) is 0 Å². The van der Waals surface area contributed by atoms with Crippen LogP contribution in [0, 0.1) is 10.8 Å². The molecule has 0 spiro atoms. The molecule has 0 bridgehead atoms.